The predicted molar refractivity (Wildman–Crippen MR) is 115 cm³/mol. The summed E-state index contributed by atoms with van der Waals surface area (Å²) in [6, 6.07) is 10.8. The zero-order valence-corrected chi connectivity index (χ0v) is 17.0. The summed E-state index contributed by atoms with van der Waals surface area (Å²) in [6.45, 7) is 0.503. The van der Waals surface area contributed by atoms with E-state index < -0.39 is 5.82 Å². The number of hydrogen-bond donors (Lipinski definition) is 1. The maximum Gasteiger partial charge on any atom is 0.267 e. The van der Waals surface area contributed by atoms with E-state index in [9.17, 15) is 14.0 Å². The quantitative estimate of drug-likeness (QED) is 0.491. The number of rotatable bonds is 1. The lowest BCUT2D eigenvalue weighted by atomic mass is 10.2. The van der Waals surface area contributed by atoms with Crippen molar-refractivity contribution in [2.45, 2.75) is 0 Å². The second kappa shape index (κ2) is 8.49. The highest BCUT2D eigenvalue weighted by Crippen LogP contribution is 2.19. The van der Waals surface area contributed by atoms with Gasteiger partial charge in [-0.25, -0.2) is 19.3 Å². The Morgan fingerprint density at radius 3 is 2.71 bits per heavy atom. The van der Waals surface area contributed by atoms with Gasteiger partial charge in [0.05, 0.1) is 28.3 Å². The second-order valence-electron chi connectivity index (χ2n) is 6.66. The van der Waals surface area contributed by atoms with E-state index in [0.717, 1.165) is 0 Å². The average molecular weight is 439 g/mol. The number of carbonyl (C=O) groups is 1. The molecule has 5 rings (SSSR count). The standard InChI is InChI=1S/C14H8ClFN2O.C7H8N4O/c15-11-5-2-6-12-13(11)14(19)18(8-17-12)10-4-1-3-9(16)7-10;1-11-4-10-7(12)5-2-8-3-9-6(5)11/h1-8H;2-3H,4H2,1H3,(H,10,12). The smallest absolute Gasteiger partial charge is 0.267 e. The van der Waals surface area contributed by atoms with E-state index in [1.807, 2.05) is 11.9 Å². The van der Waals surface area contributed by atoms with Crippen molar-refractivity contribution < 1.29 is 9.18 Å². The molecule has 0 atom stereocenters. The van der Waals surface area contributed by atoms with Crippen LogP contribution in [0, 0.1) is 5.82 Å². The summed E-state index contributed by atoms with van der Waals surface area (Å²) in [5.74, 6) is 0.168. The van der Waals surface area contributed by atoms with Gasteiger partial charge in [-0.3, -0.25) is 14.2 Å². The van der Waals surface area contributed by atoms with E-state index in [-0.39, 0.29) is 11.5 Å². The molecule has 0 aliphatic carbocycles. The fourth-order valence-corrected chi connectivity index (χ4v) is 3.33. The number of halogens is 2. The number of fused-ring (bicyclic) bond motifs is 2. The van der Waals surface area contributed by atoms with Gasteiger partial charge >= 0.3 is 0 Å². The van der Waals surface area contributed by atoms with Crippen LogP contribution in [0.2, 0.25) is 5.02 Å². The molecule has 4 aromatic rings. The second-order valence-corrected chi connectivity index (χ2v) is 7.06. The van der Waals surface area contributed by atoms with E-state index in [0.29, 0.717) is 39.7 Å². The summed E-state index contributed by atoms with van der Waals surface area (Å²) in [7, 11) is 1.87. The molecule has 1 amide bonds. The summed E-state index contributed by atoms with van der Waals surface area (Å²) in [5, 5.41) is 3.36. The van der Waals surface area contributed by atoms with Gasteiger partial charge in [-0.05, 0) is 30.3 Å². The molecule has 0 spiro atoms. The number of anilines is 1. The van der Waals surface area contributed by atoms with E-state index in [2.05, 4.69) is 20.3 Å². The molecule has 2 aromatic carbocycles. The Kier molecular flexibility index (Phi) is 5.59. The van der Waals surface area contributed by atoms with Gasteiger partial charge < -0.3 is 10.2 Å². The third-order valence-corrected chi connectivity index (χ3v) is 4.91. The molecule has 0 saturated heterocycles. The Morgan fingerprint density at radius 1 is 1.13 bits per heavy atom. The number of amides is 1. The molecule has 0 radical (unpaired) electrons. The Bertz CT molecular complexity index is 1340. The molecule has 1 aliphatic rings. The van der Waals surface area contributed by atoms with Gasteiger partial charge in [0.1, 0.15) is 29.9 Å². The molecule has 3 heterocycles. The largest absolute Gasteiger partial charge is 0.341 e. The predicted octanol–water partition coefficient (Wildman–Crippen LogP) is 2.79. The van der Waals surface area contributed by atoms with E-state index >= 15 is 0 Å². The first-order valence-electron chi connectivity index (χ1n) is 9.17. The van der Waals surface area contributed by atoms with Crippen molar-refractivity contribution in [3.63, 3.8) is 0 Å². The molecule has 10 heteroatoms. The zero-order chi connectivity index (χ0) is 22.0. The van der Waals surface area contributed by atoms with Gasteiger partial charge in [-0.15, -0.1) is 0 Å². The third-order valence-electron chi connectivity index (χ3n) is 4.60. The maximum absolute atomic E-state index is 13.2. The molecule has 1 N–H and O–H groups in total. The minimum Gasteiger partial charge on any atom is -0.341 e. The summed E-state index contributed by atoms with van der Waals surface area (Å²) in [4.78, 5) is 37.4. The first kappa shape index (κ1) is 20.4. The van der Waals surface area contributed by atoms with E-state index in [1.165, 1.54) is 41.6 Å². The normalized spacial score (nSPS) is 12.6. The van der Waals surface area contributed by atoms with E-state index in [4.69, 9.17) is 11.6 Å². The van der Waals surface area contributed by atoms with Gasteiger partial charge in [-0.1, -0.05) is 23.7 Å². The first-order chi connectivity index (χ1) is 15.0. The Labute approximate surface area is 181 Å². The van der Waals surface area contributed by atoms with Gasteiger partial charge in [0, 0.05) is 13.2 Å². The molecule has 0 bridgehead atoms. The van der Waals surface area contributed by atoms with Crippen LogP contribution in [0.25, 0.3) is 16.6 Å². The van der Waals surface area contributed by atoms with Crippen LogP contribution in [0.4, 0.5) is 10.2 Å². The number of benzene rings is 2. The highest BCUT2D eigenvalue weighted by Gasteiger charge is 2.20. The van der Waals surface area contributed by atoms with Crippen molar-refractivity contribution >= 4 is 34.2 Å². The SMILES string of the molecule is CN1CNC(=O)c2cncnc21.O=c1c2c(Cl)cccc2ncn1-c1cccc(F)c1. The van der Waals surface area contributed by atoms with Crippen molar-refractivity contribution in [2.24, 2.45) is 0 Å². The zero-order valence-electron chi connectivity index (χ0n) is 16.3. The molecule has 0 unspecified atom stereocenters. The molecular formula is C21H16ClFN6O2. The van der Waals surface area contributed by atoms with Crippen molar-refractivity contribution in [2.75, 3.05) is 18.6 Å². The van der Waals surface area contributed by atoms with Crippen LogP contribution in [-0.4, -0.2) is 39.1 Å². The van der Waals surface area contributed by atoms with Gasteiger partial charge in [0.25, 0.3) is 11.5 Å². The lowest BCUT2D eigenvalue weighted by molar-refractivity contribution is 0.0947. The average Bonchev–Trinajstić information content (AvgIpc) is 2.77. The van der Waals surface area contributed by atoms with Crippen molar-refractivity contribution in [1.82, 2.24) is 24.8 Å². The molecule has 31 heavy (non-hydrogen) atoms. The Balaban J connectivity index is 0.000000166. The number of aromatic nitrogens is 4. The van der Waals surface area contributed by atoms with Crippen LogP contribution in [0.3, 0.4) is 0 Å². The molecule has 0 fully saturated rings. The molecular weight excluding hydrogens is 423 g/mol. The summed E-state index contributed by atoms with van der Waals surface area (Å²) in [5.41, 5.74) is 1.15. The fourth-order valence-electron chi connectivity index (χ4n) is 3.08. The molecule has 156 valence electrons. The van der Waals surface area contributed by atoms with Gasteiger partial charge in [-0.2, -0.15) is 0 Å². The third kappa shape index (κ3) is 4.08. The Morgan fingerprint density at radius 2 is 1.94 bits per heavy atom. The molecule has 0 saturated carbocycles. The minimum absolute atomic E-state index is 0.108. The van der Waals surface area contributed by atoms with Crippen LogP contribution in [0.1, 0.15) is 10.4 Å². The van der Waals surface area contributed by atoms with Gasteiger partial charge in [0.15, 0.2) is 0 Å². The number of nitrogens with one attached hydrogen (secondary N) is 1. The molecule has 1 aliphatic heterocycles. The molecule has 8 nitrogen and oxygen atoms in total. The number of carbonyl (C=O) groups excluding carboxylic acids is 1. The van der Waals surface area contributed by atoms with Crippen molar-refractivity contribution in [1.29, 1.82) is 0 Å². The molecule has 2 aromatic heterocycles. The highest BCUT2D eigenvalue weighted by molar-refractivity contribution is 6.35. The fraction of sp³-hybridized carbons (Fsp3) is 0.0952. The van der Waals surface area contributed by atoms with Crippen molar-refractivity contribution in [3.05, 3.63) is 88.1 Å². The van der Waals surface area contributed by atoms with Crippen LogP contribution >= 0.6 is 11.6 Å². The highest BCUT2D eigenvalue weighted by atomic mass is 35.5. The number of hydrogen-bond acceptors (Lipinski definition) is 6. The summed E-state index contributed by atoms with van der Waals surface area (Å²) in [6.07, 6.45) is 4.33. The lowest BCUT2D eigenvalue weighted by Crippen LogP contribution is -2.41. The lowest BCUT2D eigenvalue weighted by Gasteiger charge is -2.25. The summed E-state index contributed by atoms with van der Waals surface area (Å²) >= 11 is 6.03. The van der Waals surface area contributed by atoms with E-state index in [1.54, 1.807) is 24.3 Å². The van der Waals surface area contributed by atoms with Gasteiger partial charge in [0.2, 0.25) is 0 Å². The minimum atomic E-state index is -0.413. The first-order valence-corrected chi connectivity index (χ1v) is 9.54. The van der Waals surface area contributed by atoms with Crippen LogP contribution < -0.4 is 15.8 Å². The topological polar surface area (TPSA) is 93.0 Å². The van der Waals surface area contributed by atoms with Crippen molar-refractivity contribution in [3.8, 4) is 5.69 Å². The maximum atomic E-state index is 13.2. The number of nitrogens with zero attached hydrogens (tertiary/aromatic N) is 5. The van der Waals surface area contributed by atoms with Crippen LogP contribution in [0.5, 0.6) is 0 Å². The Hall–Kier alpha value is -3.85. The monoisotopic (exact) mass is 438 g/mol. The summed E-state index contributed by atoms with van der Waals surface area (Å²) < 4.78 is 14.5. The van der Waals surface area contributed by atoms with Crippen LogP contribution in [0.15, 0.2) is 66.1 Å². The van der Waals surface area contributed by atoms with Crippen LogP contribution in [-0.2, 0) is 0 Å².